The molecule has 4 nitrogen and oxygen atoms in total. The summed E-state index contributed by atoms with van der Waals surface area (Å²) >= 11 is 0. The summed E-state index contributed by atoms with van der Waals surface area (Å²) < 4.78 is 4.40. The lowest BCUT2D eigenvalue weighted by molar-refractivity contribution is -0.255. The first-order valence-electron chi connectivity index (χ1n) is 3.55. The Hall–Kier alpha value is -1.84. The maximum absolute atomic E-state index is 11.0. The molecule has 0 aliphatic rings. The van der Waals surface area contributed by atoms with E-state index in [9.17, 15) is 14.7 Å². The lowest BCUT2D eigenvalue weighted by atomic mass is 10.1. The summed E-state index contributed by atoms with van der Waals surface area (Å²) in [6.07, 6.45) is 0. The van der Waals surface area contributed by atoms with E-state index in [4.69, 9.17) is 0 Å². The van der Waals surface area contributed by atoms with Crippen LogP contribution in [0.1, 0.15) is 20.7 Å². The fourth-order valence-corrected chi connectivity index (χ4v) is 0.949. The van der Waals surface area contributed by atoms with Crippen molar-refractivity contribution in [3.8, 4) is 0 Å². The molecular formula is C9H7O4-. The average Bonchev–Trinajstić information content (AvgIpc) is 2.16. The fourth-order valence-electron chi connectivity index (χ4n) is 0.949. The number of carboxylic acids is 1. The summed E-state index contributed by atoms with van der Waals surface area (Å²) in [5.41, 5.74) is -0.153. The number of carboxylic acid groups (broad SMARTS) is 1. The number of carbonyl (C=O) groups is 2. The molecule has 1 aromatic rings. The van der Waals surface area contributed by atoms with Gasteiger partial charge in [0.05, 0.1) is 18.6 Å². The van der Waals surface area contributed by atoms with Crippen LogP contribution in [0.2, 0.25) is 0 Å². The van der Waals surface area contributed by atoms with Crippen LogP contribution in [-0.4, -0.2) is 19.0 Å². The Morgan fingerprint density at radius 3 is 2.23 bits per heavy atom. The van der Waals surface area contributed by atoms with Crippen molar-refractivity contribution in [2.45, 2.75) is 0 Å². The van der Waals surface area contributed by atoms with Gasteiger partial charge >= 0.3 is 5.97 Å². The van der Waals surface area contributed by atoms with Crippen LogP contribution in [0.15, 0.2) is 24.3 Å². The van der Waals surface area contributed by atoms with Crippen molar-refractivity contribution >= 4 is 11.9 Å². The fraction of sp³-hybridized carbons (Fsp3) is 0.111. The van der Waals surface area contributed by atoms with Crippen LogP contribution >= 0.6 is 0 Å². The molecule has 0 spiro atoms. The summed E-state index contributed by atoms with van der Waals surface area (Å²) in [5, 5.41) is 10.5. The molecule has 0 unspecified atom stereocenters. The second kappa shape index (κ2) is 3.71. The number of ether oxygens (including phenoxy) is 1. The van der Waals surface area contributed by atoms with E-state index in [0.29, 0.717) is 0 Å². The molecule has 1 aromatic carbocycles. The predicted molar refractivity (Wildman–Crippen MR) is 42.1 cm³/mol. The highest BCUT2D eigenvalue weighted by molar-refractivity contribution is 6.01. The molecule has 0 fully saturated rings. The zero-order chi connectivity index (χ0) is 9.84. The van der Waals surface area contributed by atoms with Crippen LogP contribution in [0.5, 0.6) is 0 Å². The maximum atomic E-state index is 11.0. The number of hydrogen-bond donors (Lipinski definition) is 0. The van der Waals surface area contributed by atoms with Gasteiger partial charge < -0.3 is 14.6 Å². The summed E-state index contributed by atoms with van der Waals surface area (Å²) in [6.45, 7) is 0. The third kappa shape index (κ3) is 1.84. The number of carbonyl (C=O) groups excluding carboxylic acids is 2. The van der Waals surface area contributed by atoms with Gasteiger partial charge in [0.15, 0.2) is 0 Å². The SMILES string of the molecule is COC(=O)c1ccccc1C(=O)[O-]. The Labute approximate surface area is 74.8 Å². The summed E-state index contributed by atoms with van der Waals surface area (Å²) in [5.74, 6) is -2.07. The third-order valence-corrected chi connectivity index (χ3v) is 1.55. The molecule has 0 saturated heterocycles. The zero-order valence-electron chi connectivity index (χ0n) is 6.94. The van der Waals surface area contributed by atoms with Crippen LogP contribution in [0, 0.1) is 0 Å². The quantitative estimate of drug-likeness (QED) is 0.591. The van der Waals surface area contributed by atoms with Crippen molar-refractivity contribution in [3.63, 3.8) is 0 Å². The van der Waals surface area contributed by atoms with Crippen LogP contribution in [-0.2, 0) is 4.74 Å². The zero-order valence-corrected chi connectivity index (χ0v) is 6.94. The molecule has 0 aromatic heterocycles. The van der Waals surface area contributed by atoms with Crippen molar-refractivity contribution in [1.29, 1.82) is 0 Å². The molecule has 0 bridgehead atoms. The van der Waals surface area contributed by atoms with Gasteiger partial charge in [0.25, 0.3) is 0 Å². The lowest BCUT2D eigenvalue weighted by Gasteiger charge is -2.07. The maximum Gasteiger partial charge on any atom is 0.338 e. The molecule has 0 amide bonds. The summed E-state index contributed by atoms with van der Waals surface area (Å²) in [4.78, 5) is 21.5. The molecule has 0 heterocycles. The van der Waals surface area contributed by atoms with Gasteiger partial charge in [-0.1, -0.05) is 18.2 Å². The van der Waals surface area contributed by atoms with Crippen molar-refractivity contribution in [2.75, 3.05) is 7.11 Å². The van der Waals surface area contributed by atoms with E-state index in [2.05, 4.69) is 4.74 Å². The summed E-state index contributed by atoms with van der Waals surface area (Å²) in [7, 11) is 1.19. The third-order valence-electron chi connectivity index (χ3n) is 1.55. The van der Waals surface area contributed by atoms with Gasteiger partial charge in [-0.05, 0) is 6.07 Å². The number of hydrogen-bond acceptors (Lipinski definition) is 4. The van der Waals surface area contributed by atoms with Crippen LogP contribution in [0.25, 0.3) is 0 Å². The van der Waals surface area contributed by atoms with E-state index in [1.165, 1.54) is 25.3 Å². The molecule has 1 rings (SSSR count). The van der Waals surface area contributed by atoms with E-state index in [-0.39, 0.29) is 11.1 Å². The first kappa shape index (κ1) is 9.25. The number of esters is 1. The normalized spacial score (nSPS) is 9.31. The number of benzene rings is 1. The lowest BCUT2D eigenvalue weighted by Crippen LogP contribution is -2.25. The van der Waals surface area contributed by atoms with E-state index in [1.54, 1.807) is 6.07 Å². The van der Waals surface area contributed by atoms with Crippen molar-refractivity contribution in [2.24, 2.45) is 0 Å². The first-order chi connectivity index (χ1) is 6.16. The number of rotatable bonds is 2. The first-order valence-corrected chi connectivity index (χ1v) is 3.55. The monoisotopic (exact) mass is 179 g/mol. The van der Waals surface area contributed by atoms with Crippen LogP contribution in [0.3, 0.4) is 0 Å². The molecule has 0 aliphatic carbocycles. The minimum Gasteiger partial charge on any atom is -0.545 e. The minimum absolute atomic E-state index is 0.00463. The standard InChI is InChI=1S/C9H8O4/c1-13-9(12)7-5-3-2-4-6(7)8(10)11/h2-5H,1H3,(H,10,11)/p-1. The van der Waals surface area contributed by atoms with Crippen LogP contribution in [0.4, 0.5) is 0 Å². The van der Waals surface area contributed by atoms with Gasteiger partial charge in [0.1, 0.15) is 0 Å². The Morgan fingerprint density at radius 1 is 1.23 bits per heavy atom. The van der Waals surface area contributed by atoms with E-state index >= 15 is 0 Å². The topological polar surface area (TPSA) is 66.4 Å². The van der Waals surface area contributed by atoms with Crippen molar-refractivity contribution in [3.05, 3.63) is 35.4 Å². The predicted octanol–water partition coefficient (Wildman–Crippen LogP) is -0.163. The van der Waals surface area contributed by atoms with Crippen LogP contribution < -0.4 is 5.11 Å². The van der Waals surface area contributed by atoms with E-state index in [1.807, 2.05) is 0 Å². The average molecular weight is 179 g/mol. The molecule has 4 heteroatoms. The van der Waals surface area contributed by atoms with Crippen molar-refractivity contribution < 1.29 is 19.4 Å². The van der Waals surface area contributed by atoms with Gasteiger partial charge in [0, 0.05) is 5.56 Å². The van der Waals surface area contributed by atoms with Gasteiger partial charge in [-0.15, -0.1) is 0 Å². The molecule has 0 aliphatic heterocycles. The Morgan fingerprint density at radius 2 is 1.77 bits per heavy atom. The van der Waals surface area contributed by atoms with E-state index < -0.39 is 11.9 Å². The molecule has 13 heavy (non-hydrogen) atoms. The molecule has 0 saturated carbocycles. The minimum atomic E-state index is -1.39. The van der Waals surface area contributed by atoms with E-state index in [0.717, 1.165) is 0 Å². The second-order valence-electron chi connectivity index (χ2n) is 2.32. The molecule has 68 valence electrons. The number of aromatic carboxylic acids is 1. The Bertz CT molecular complexity index is 343. The number of methoxy groups -OCH3 is 1. The smallest absolute Gasteiger partial charge is 0.338 e. The van der Waals surface area contributed by atoms with Gasteiger partial charge in [-0.25, -0.2) is 4.79 Å². The Kier molecular flexibility index (Phi) is 2.64. The highest BCUT2D eigenvalue weighted by Gasteiger charge is 2.10. The molecule has 0 N–H and O–H groups in total. The highest BCUT2D eigenvalue weighted by Crippen LogP contribution is 2.08. The van der Waals surface area contributed by atoms with Gasteiger partial charge in [0.2, 0.25) is 0 Å². The largest absolute Gasteiger partial charge is 0.545 e. The van der Waals surface area contributed by atoms with Crippen molar-refractivity contribution in [1.82, 2.24) is 0 Å². The highest BCUT2D eigenvalue weighted by atomic mass is 16.5. The summed E-state index contributed by atoms with van der Waals surface area (Å²) in [6, 6.07) is 5.73. The van der Waals surface area contributed by atoms with Gasteiger partial charge in [-0.3, -0.25) is 0 Å². The Balaban J connectivity index is 3.19. The molecule has 0 atom stereocenters. The van der Waals surface area contributed by atoms with Gasteiger partial charge in [-0.2, -0.15) is 0 Å². The molecular weight excluding hydrogens is 172 g/mol. The molecule has 0 radical (unpaired) electrons. The second-order valence-corrected chi connectivity index (χ2v) is 2.32.